The van der Waals surface area contributed by atoms with Crippen LogP contribution in [0.25, 0.3) is 11.1 Å². The van der Waals surface area contributed by atoms with Crippen molar-refractivity contribution in [3.8, 4) is 11.1 Å². The summed E-state index contributed by atoms with van der Waals surface area (Å²) < 4.78 is 0. The fourth-order valence-corrected chi connectivity index (χ4v) is 3.85. The highest BCUT2D eigenvalue weighted by Gasteiger charge is 2.27. The lowest BCUT2D eigenvalue weighted by molar-refractivity contribution is 0.0532. The van der Waals surface area contributed by atoms with Crippen LogP contribution in [0.1, 0.15) is 20.8 Å². The Morgan fingerprint density at radius 1 is 0.706 bits per heavy atom. The first-order valence-electron chi connectivity index (χ1n) is 11.3. The molecular weight excluding hydrogens is 428 g/mol. The molecule has 0 bridgehead atoms. The fraction of sp³-hybridized carbons (Fsp3) is 0.308. The van der Waals surface area contributed by atoms with Crippen LogP contribution in [0.5, 0.6) is 0 Å². The van der Waals surface area contributed by atoms with Crippen molar-refractivity contribution in [3.63, 3.8) is 0 Å². The maximum Gasteiger partial charge on any atom is 0.272 e. The first-order chi connectivity index (χ1) is 16.3. The Labute approximate surface area is 200 Å². The Hall–Kier alpha value is -3.94. The summed E-state index contributed by atoms with van der Waals surface area (Å²) in [5.41, 5.74) is 3.21. The summed E-state index contributed by atoms with van der Waals surface area (Å²) in [6.07, 6.45) is 0. The Morgan fingerprint density at radius 2 is 1.26 bits per heavy atom. The molecule has 2 amide bonds. The molecule has 0 saturated carbocycles. The van der Waals surface area contributed by atoms with Crippen molar-refractivity contribution in [2.75, 3.05) is 64.2 Å². The van der Waals surface area contributed by atoms with Crippen molar-refractivity contribution in [3.05, 3.63) is 71.9 Å². The zero-order valence-electron chi connectivity index (χ0n) is 20.1. The number of carbonyl (C=O) groups excluding carboxylic acids is 2. The molecule has 4 rings (SSSR count). The van der Waals surface area contributed by atoms with E-state index in [1.54, 1.807) is 20.8 Å². The standard InChI is InChI=1S/C26H30N6O2/c1-29(2)23-18-22(27-26(28-23)30(3)4)25(34)32-16-14-31(15-17-32)24(33)21-12-10-20(11-13-21)19-8-6-5-7-9-19/h5-13,18H,14-17H2,1-4H3. The molecule has 2 aromatic carbocycles. The average Bonchev–Trinajstić information content (AvgIpc) is 2.88. The van der Waals surface area contributed by atoms with E-state index in [2.05, 4.69) is 9.97 Å². The normalized spacial score (nSPS) is 13.5. The smallest absolute Gasteiger partial charge is 0.272 e. The van der Waals surface area contributed by atoms with Crippen LogP contribution in [0.4, 0.5) is 11.8 Å². The van der Waals surface area contributed by atoms with E-state index in [1.807, 2.05) is 87.7 Å². The average molecular weight is 459 g/mol. The molecule has 0 atom stereocenters. The van der Waals surface area contributed by atoms with Crippen LogP contribution in [0, 0.1) is 0 Å². The maximum absolute atomic E-state index is 13.2. The Bertz CT molecular complexity index is 1130. The third-order valence-corrected chi connectivity index (χ3v) is 5.87. The van der Waals surface area contributed by atoms with Gasteiger partial charge in [0.25, 0.3) is 11.8 Å². The molecule has 3 aromatic rings. The van der Waals surface area contributed by atoms with Gasteiger partial charge in [0.2, 0.25) is 5.95 Å². The molecule has 1 aliphatic heterocycles. The molecule has 2 heterocycles. The first kappa shape index (κ1) is 23.2. The summed E-state index contributed by atoms with van der Waals surface area (Å²) in [4.78, 5) is 42.3. The monoisotopic (exact) mass is 458 g/mol. The van der Waals surface area contributed by atoms with Crippen molar-refractivity contribution in [1.82, 2.24) is 19.8 Å². The van der Waals surface area contributed by atoms with Gasteiger partial charge >= 0.3 is 0 Å². The third-order valence-electron chi connectivity index (χ3n) is 5.87. The van der Waals surface area contributed by atoms with E-state index in [0.717, 1.165) is 11.1 Å². The maximum atomic E-state index is 13.2. The van der Waals surface area contributed by atoms with E-state index in [-0.39, 0.29) is 11.8 Å². The Morgan fingerprint density at radius 3 is 1.82 bits per heavy atom. The number of nitrogens with zero attached hydrogens (tertiary/aromatic N) is 6. The van der Waals surface area contributed by atoms with Gasteiger partial charge in [0, 0.05) is 66.0 Å². The summed E-state index contributed by atoms with van der Waals surface area (Å²) in [5, 5.41) is 0. The summed E-state index contributed by atoms with van der Waals surface area (Å²) in [6.45, 7) is 1.89. The minimum absolute atomic E-state index is 0.0152. The zero-order chi connectivity index (χ0) is 24.2. The van der Waals surface area contributed by atoms with Gasteiger partial charge in [-0.1, -0.05) is 42.5 Å². The number of rotatable bonds is 5. The van der Waals surface area contributed by atoms with Crippen molar-refractivity contribution in [2.24, 2.45) is 0 Å². The molecule has 176 valence electrons. The van der Waals surface area contributed by atoms with Crippen molar-refractivity contribution in [1.29, 1.82) is 0 Å². The highest BCUT2D eigenvalue weighted by atomic mass is 16.2. The molecule has 0 aliphatic carbocycles. The molecule has 0 spiro atoms. The van der Waals surface area contributed by atoms with Crippen LogP contribution in [0.3, 0.4) is 0 Å². The van der Waals surface area contributed by atoms with Crippen molar-refractivity contribution < 1.29 is 9.59 Å². The lowest BCUT2D eigenvalue weighted by Crippen LogP contribution is -2.50. The second kappa shape index (κ2) is 9.91. The Kier molecular flexibility index (Phi) is 6.77. The number of amides is 2. The van der Waals surface area contributed by atoms with Gasteiger partial charge in [-0.05, 0) is 23.3 Å². The molecule has 1 fully saturated rings. The number of piperazine rings is 1. The molecule has 1 aromatic heterocycles. The summed E-state index contributed by atoms with van der Waals surface area (Å²) in [6, 6.07) is 19.5. The molecule has 0 radical (unpaired) electrons. The highest BCUT2D eigenvalue weighted by molar-refractivity contribution is 5.96. The number of aromatic nitrogens is 2. The second-order valence-corrected chi connectivity index (χ2v) is 8.73. The lowest BCUT2D eigenvalue weighted by atomic mass is 10.0. The van der Waals surface area contributed by atoms with E-state index >= 15 is 0 Å². The summed E-state index contributed by atoms with van der Waals surface area (Å²) >= 11 is 0. The van der Waals surface area contributed by atoms with Gasteiger partial charge in [-0.3, -0.25) is 9.59 Å². The van der Waals surface area contributed by atoms with Crippen LogP contribution in [-0.2, 0) is 0 Å². The third kappa shape index (κ3) is 5.01. The summed E-state index contributed by atoms with van der Waals surface area (Å²) in [7, 11) is 7.46. The zero-order valence-corrected chi connectivity index (χ0v) is 20.1. The topological polar surface area (TPSA) is 72.9 Å². The van der Waals surface area contributed by atoms with Gasteiger partial charge in [0.1, 0.15) is 11.5 Å². The first-order valence-corrected chi connectivity index (χ1v) is 11.3. The van der Waals surface area contributed by atoms with E-state index in [4.69, 9.17) is 0 Å². The van der Waals surface area contributed by atoms with Crippen LogP contribution in [0.2, 0.25) is 0 Å². The van der Waals surface area contributed by atoms with E-state index in [9.17, 15) is 9.59 Å². The van der Waals surface area contributed by atoms with Gasteiger partial charge in [-0.2, -0.15) is 4.98 Å². The van der Waals surface area contributed by atoms with E-state index < -0.39 is 0 Å². The quantitative estimate of drug-likeness (QED) is 0.586. The largest absolute Gasteiger partial charge is 0.363 e. The molecule has 0 unspecified atom stereocenters. The molecule has 8 nitrogen and oxygen atoms in total. The molecule has 1 aliphatic rings. The minimum Gasteiger partial charge on any atom is -0.363 e. The van der Waals surface area contributed by atoms with Gasteiger partial charge in [0.05, 0.1) is 0 Å². The Balaban J connectivity index is 1.41. The number of hydrogen-bond donors (Lipinski definition) is 0. The van der Waals surface area contributed by atoms with Gasteiger partial charge in [-0.15, -0.1) is 0 Å². The van der Waals surface area contributed by atoms with Crippen LogP contribution in [0.15, 0.2) is 60.7 Å². The highest BCUT2D eigenvalue weighted by Crippen LogP contribution is 2.21. The summed E-state index contributed by atoms with van der Waals surface area (Å²) in [5.74, 6) is 1.00. The van der Waals surface area contributed by atoms with Crippen molar-refractivity contribution >= 4 is 23.6 Å². The van der Waals surface area contributed by atoms with E-state index in [0.29, 0.717) is 49.2 Å². The number of hydrogen-bond acceptors (Lipinski definition) is 6. The predicted molar refractivity (Wildman–Crippen MR) is 134 cm³/mol. The van der Waals surface area contributed by atoms with E-state index in [1.165, 1.54) is 0 Å². The van der Waals surface area contributed by atoms with Crippen LogP contribution in [-0.4, -0.2) is 86.0 Å². The molecular formula is C26H30N6O2. The predicted octanol–water partition coefficient (Wildman–Crippen LogP) is 2.87. The van der Waals surface area contributed by atoms with Crippen LogP contribution < -0.4 is 9.80 Å². The minimum atomic E-state index is -0.145. The number of carbonyl (C=O) groups is 2. The van der Waals surface area contributed by atoms with Gasteiger partial charge in [-0.25, -0.2) is 4.98 Å². The molecule has 0 N–H and O–H groups in total. The molecule has 1 saturated heterocycles. The van der Waals surface area contributed by atoms with Gasteiger partial charge < -0.3 is 19.6 Å². The molecule has 34 heavy (non-hydrogen) atoms. The lowest BCUT2D eigenvalue weighted by Gasteiger charge is -2.34. The second-order valence-electron chi connectivity index (χ2n) is 8.73. The van der Waals surface area contributed by atoms with Gasteiger partial charge in [0.15, 0.2) is 0 Å². The number of anilines is 2. The van der Waals surface area contributed by atoms with Crippen LogP contribution >= 0.6 is 0 Å². The molecule has 8 heteroatoms. The SMILES string of the molecule is CN(C)c1cc(C(=O)N2CCN(C(=O)c3ccc(-c4ccccc4)cc3)CC2)nc(N(C)C)n1. The fourth-order valence-electron chi connectivity index (χ4n) is 3.85. The van der Waals surface area contributed by atoms with Crippen molar-refractivity contribution in [2.45, 2.75) is 0 Å². The number of benzene rings is 2.